The van der Waals surface area contributed by atoms with E-state index in [0.717, 1.165) is 44.6 Å². The summed E-state index contributed by atoms with van der Waals surface area (Å²) >= 11 is 0. The number of ether oxygens (including phenoxy) is 1. The Bertz CT molecular complexity index is 758. The Morgan fingerprint density at radius 2 is 1.96 bits per heavy atom. The normalized spacial score (nSPS) is 14.9. The van der Waals surface area contributed by atoms with Gasteiger partial charge in [0, 0.05) is 39.4 Å². The summed E-state index contributed by atoms with van der Waals surface area (Å²) in [5, 5.41) is 2.90. The number of nitrogens with zero attached hydrogens (tertiary/aromatic N) is 3. The van der Waals surface area contributed by atoms with E-state index in [9.17, 15) is 4.79 Å². The molecule has 1 aromatic carbocycles. The van der Waals surface area contributed by atoms with Gasteiger partial charge in [0.2, 0.25) is 0 Å². The van der Waals surface area contributed by atoms with E-state index in [4.69, 9.17) is 4.74 Å². The van der Waals surface area contributed by atoms with Crippen LogP contribution in [0.2, 0.25) is 0 Å². The molecule has 6 heteroatoms. The highest BCUT2D eigenvalue weighted by Crippen LogP contribution is 2.25. The fourth-order valence-electron chi connectivity index (χ4n) is 3.65. The lowest BCUT2D eigenvalue weighted by molar-refractivity contribution is 0.0943. The second-order valence-corrected chi connectivity index (χ2v) is 7.38. The number of piperidine rings is 1. The van der Waals surface area contributed by atoms with Crippen LogP contribution in [-0.2, 0) is 11.2 Å². The molecule has 0 atom stereocenters. The lowest BCUT2D eigenvalue weighted by Crippen LogP contribution is -2.35. The highest BCUT2D eigenvalue weighted by molar-refractivity contribution is 5.92. The van der Waals surface area contributed by atoms with Gasteiger partial charge in [-0.15, -0.1) is 0 Å². The lowest BCUT2D eigenvalue weighted by Gasteiger charge is -2.33. The molecule has 0 aliphatic carbocycles. The van der Waals surface area contributed by atoms with E-state index in [2.05, 4.69) is 50.5 Å². The molecular weight excluding hydrogens is 352 g/mol. The highest BCUT2D eigenvalue weighted by atomic mass is 16.5. The minimum atomic E-state index is -0.151. The lowest BCUT2D eigenvalue weighted by atomic mass is 9.90. The van der Waals surface area contributed by atoms with Crippen LogP contribution in [-0.4, -0.2) is 49.2 Å². The third-order valence-corrected chi connectivity index (χ3v) is 5.17. The van der Waals surface area contributed by atoms with Crippen molar-refractivity contribution in [3.05, 3.63) is 53.5 Å². The summed E-state index contributed by atoms with van der Waals surface area (Å²) in [4.78, 5) is 23.6. The molecule has 2 aromatic rings. The van der Waals surface area contributed by atoms with Crippen molar-refractivity contribution >= 4 is 11.7 Å². The number of hydrogen-bond donors (Lipinski definition) is 1. The van der Waals surface area contributed by atoms with E-state index >= 15 is 0 Å². The molecule has 150 valence electrons. The predicted octanol–water partition coefficient (Wildman–Crippen LogP) is 3.01. The van der Waals surface area contributed by atoms with Gasteiger partial charge in [-0.3, -0.25) is 4.79 Å². The molecule has 3 rings (SSSR count). The third-order valence-electron chi connectivity index (χ3n) is 5.17. The van der Waals surface area contributed by atoms with Gasteiger partial charge in [0.1, 0.15) is 17.3 Å². The largest absolute Gasteiger partial charge is 0.385 e. The second-order valence-electron chi connectivity index (χ2n) is 7.38. The number of nitrogens with one attached hydrogen (secondary N) is 1. The number of aryl methyl sites for hydroxylation is 1. The van der Waals surface area contributed by atoms with Crippen LogP contribution in [0.25, 0.3) is 0 Å². The average molecular weight is 383 g/mol. The maximum atomic E-state index is 12.4. The minimum Gasteiger partial charge on any atom is -0.385 e. The van der Waals surface area contributed by atoms with E-state index in [1.165, 1.54) is 5.56 Å². The Morgan fingerprint density at radius 1 is 1.21 bits per heavy atom. The van der Waals surface area contributed by atoms with Gasteiger partial charge in [0.05, 0.1) is 0 Å². The fourth-order valence-corrected chi connectivity index (χ4v) is 3.65. The molecule has 1 saturated heterocycles. The minimum absolute atomic E-state index is 0.151. The summed E-state index contributed by atoms with van der Waals surface area (Å²) < 4.78 is 5.01. The first-order chi connectivity index (χ1) is 13.7. The molecular formula is C22H30N4O2. The smallest absolute Gasteiger partial charge is 0.270 e. The summed E-state index contributed by atoms with van der Waals surface area (Å²) in [7, 11) is 1.66. The Balaban J connectivity index is 1.57. The van der Waals surface area contributed by atoms with Crippen molar-refractivity contribution < 1.29 is 9.53 Å². The maximum absolute atomic E-state index is 12.4. The molecule has 1 fully saturated rings. The molecule has 0 radical (unpaired) electrons. The van der Waals surface area contributed by atoms with Crippen LogP contribution in [0.1, 0.15) is 41.1 Å². The molecule has 0 bridgehead atoms. The van der Waals surface area contributed by atoms with Crippen LogP contribution in [0.3, 0.4) is 0 Å². The summed E-state index contributed by atoms with van der Waals surface area (Å²) in [5.41, 5.74) is 1.84. The molecule has 28 heavy (non-hydrogen) atoms. The first kappa shape index (κ1) is 20.3. The van der Waals surface area contributed by atoms with E-state index in [1.807, 2.05) is 13.0 Å². The zero-order valence-corrected chi connectivity index (χ0v) is 16.9. The van der Waals surface area contributed by atoms with Crippen molar-refractivity contribution in [3.63, 3.8) is 0 Å². The molecule has 0 unspecified atom stereocenters. The van der Waals surface area contributed by atoms with Crippen LogP contribution in [0, 0.1) is 12.8 Å². The molecule has 1 N–H and O–H groups in total. The summed E-state index contributed by atoms with van der Waals surface area (Å²) in [6, 6.07) is 12.5. The van der Waals surface area contributed by atoms with E-state index in [-0.39, 0.29) is 5.91 Å². The summed E-state index contributed by atoms with van der Waals surface area (Å²) in [6.45, 7) is 4.97. The van der Waals surface area contributed by atoms with Crippen molar-refractivity contribution in [2.75, 3.05) is 38.3 Å². The first-order valence-electron chi connectivity index (χ1n) is 10.1. The number of benzene rings is 1. The molecule has 0 spiro atoms. The molecule has 0 saturated carbocycles. The number of carbonyl (C=O) groups is 1. The van der Waals surface area contributed by atoms with Crippen molar-refractivity contribution in [1.82, 2.24) is 15.3 Å². The zero-order valence-electron chi connectivity index (χ0n) is 16.9. The first-order valence-corrected chi connectivity index (χ1v) is 10.1. The summed E-state index contributed by atoms with van der Waals surface area (Å²) in [5.74, 6) is 2.03. The van der Waals surface area contributed by atoms with Gasteiger partial charge in [-0.2, -0.15) is 0 Å². The molecule has 2 heterocycles. The molecule has 6 nitrogen and oxygen atoms in total. The van der Waals surface area contributed by atoms with Crippen LogP contribution < -0.4 is 10.2 Å². The Morgan fingerprint density at radius 3 is 2.68 bits per heavy atom. The number of carbonyl (C=O) groups excluding carboxylic acids is 1. The zero-order chi connectivity index (χ0) is 19.8. The van der Waals surface area contributed by atoms with Crippen molar-refractivity contribution in [2.24, 2.45) is 5.92 Å². The van der Waals surface area contributed by atoms with Crippen molar-refractivity contribution in [3.8, 4) is 0 Å². The van der Waals surface area contributed by atoms with Gasteiger partial charge in [0.25, 0.3) is 5.91 Å². The van der Waals surface area contributed by atoms with Crippen LogP contribution in [0.5, 0.6) is 0 Å². The average Bonchev–Trinajstić information content (AvgIpc) is 2.72. The molecule has 1 aliphatic rings. The number of methoxy groups -OCH3 is 1. The van der Waals surface area contributed by atoms with E-state index < -0.39 is 0 Å². The second kappa shape index (κ2) is 10.2. The van der Waals surface area contributed by atoms with Crippen molar-refractivity contribution in [1.29, 1.82) is 0 Å². The standard InChI is InChI=1S/C22H30N4O2/c1-17-24-20(22(27)23-11-6-14-28-2)16-21(25-17)26-12-9-19(10-13-26)15-18-7-4-3-5-8-18/h3-5,7-8,16,19H,6,9-15H2,1-2H3,(H,23,27). The summed E-state index contributed by atoms with van der Waals surface area (Å²) in [6.07, 6.45) is 4.19. The highest BCUT2D eigenvalue weighted by Gasteiger charge is 2.22. The van der Waals surface area contributed by atoms with Gasteiger partial charge < -0.3 is 15.0 Å². The van der Waals surface area contributed by atoms with E-state index in [1.54, 1.807) is 7.11 Å². The van der Waals surface area contributed by atoms with Crippen molar-refractivity contribution in [2.45, 2.75) is 32.6 Å². The van der Waals surface area contributed by atoms with Crippen LogP contribution in [0.4, 0.5) is 5.82 Å². The van der Waals surface area contributed by atoms with Gasteiger partial charge in [-0.25, -0.2) is 9.97 Å². The van der Waals surface area contributed by atoms with Gasteiger partial charge >= 0.3 is 0 Å². The molecule has 1 aliphatic heterocycles. The third kappa shape index (κ3) is 5.76. The fraction of sp³-hybridized carbons (Fsp3) is 0.500. The molecule has 1 aromatic heterocycles. The quantitative estimate of drug-likeness (QED) is 0.711. The SMILES string of the molecule is COCCCNC(=O)c1cc(N2CCC(Cc3ccccc3)CC2)nc(C)n1. The number of aromatic nitrogens is 2. The molecule has 1 amide bonds. The Hall–Kier alpha value is -2.47. The van der Waals surface area contributed by atoms with Gasteiger partial charge in [0.15, 0.2) is 0 Å². The maximum Gasteiger partial charge on any atom is 0.270 e. The topological polar surface area (TPSA) is 67.3 Å². The number of anilines is 1. The number of hydrogen-bond acceptors (Lipinski definition) is 5. The Kier molecular flexibility index (Phi) is 7.37. The monoisotopic (exact) mass is 382 g/mol. The Labute approximate surface area is 167 Å². The van der Waals surface area contributed by atoms with Crippen LogP contribution >= 0.6 is 0 Å². The van der Waals surface area contributed by atoms with Crippen LogP contribution in [0.15, 0.2) is 36.4 Å². The van der Waals surface area contributed by atoms with Gasteiger partial charge in [-0.1, -0.05) is 30.3 Å². The number of amides is 1. The van der Waals surface area contributed by atoms with E-state index in [0.29, 0.717) is 30.6 Å². The van der Waals surface area contributed by atoms with Gasteiger partial charge in [-0.05, 0) is 44.1 Å². The number of rotatable bonds is 8. The predicted molar refractivity (Wildman–Crippen MR) is 111 cm³/mol.